The lowest BCUT2D eigenvalue weighted by atomic mass is 10.1. The summed E-state index contributed by atoms with van der Waals surface area (Å²) in [6.07, 6.45) is 0. The number of halogens is 2. The summed E-state index contributed by atoms with van der Waals surface area (Å²) in [5.41, 5.74) is 2.76. The van der Waals surface area contributed by atoms with Gasteiger partial charge in [-0.2, -0.15) is 9.78 Å². The first-order valence-electron chi connectivity index (χ1n) is 6.16. The number of aromatic nitrogens is 2. The van der Waals surface area contributed by atoms with Crippen molar-refractivity contribution >= 4 is 34.5 Å². The van der Waals surface area contributed by atoms with Gasteiger partial charge in [0.1, 0.15) is 0 Å². The van der Waals surface area contributed by atoms with E-state index in [2.05, 4.69) is 5.10 Å². The van der Waals surface area contributed by atoms with Crippen LogP contribution in [0.25, 0.3) is 16.9 Å². The Morgan fingerprint density at radius 2 is 1.86 bits per heavy atom. The zero-order valence-corrected chi connectivity index (χ0v) is 13.3. The molecule has 0 aliphatic rings. The zero-order chi connectivity index (χ0) is 15.0. The molecular weight excluding hydrogens is 327 g/mol. The molecule has 1 aromatic carbocycles. The van der Waals surface area contributed by atoms with Gasteiger partial charge in [0.15, 0.2) is 0 Å². The molecule has 0 bridgehead atoms. The number of thiophene rings is 1. The second-order valence-corrected chi connectivity index (χ2v) is 6.52. The van der Waals surface area contributed by atoms with Gasteiger partial charge in [0.25, 0.3) is 5.56 Å². The Hall–Kier alpha value is -1.62. The molecule has 3 rings (SSSR count). The van der Waals surface area contributed by atoms with Crippen LogP contribution in [0.15, 0.2) is 46.6 Å². The molecule has 21 heavy (non-hydrogen) atoms. The van der Waals surface area contributed by atoms with E-state index in [9.17, 15) is 4.79 Å². The normalized spacial score (nSPS) is 10.8. The summed E-state index contributed by atoms with van der Waals surface area (Å²) >= 11 is 13.2. The monoisotopic (exact) mass is 336 g/mol. The van der Waals surface area contributed by atoms with Crippen LogP contribution >= 0.6 is 34.5 Å². The third-order valence-corrected chi connectivity index (χ3v) is 4.36. The standard InChI is InChI=1S/C15H10Cl2N2OS/c1-9-6-13(10-2-4-11(16)5-3-10)18-19(15(9)20)12-7-14(17)21-8-12/h2-8H,1H3. The molecule has 0 atom stereocenters. The van der Waals surface area contributed by atoms with Crippen molar-refractivity contribution in [2.24, 2.45) is 0 Å². The largest absolute Gasteiger partial charge is 0.274 e. The molecule has 0 aliphatic carbocycles. The molecule has 0 N–H and O–H groups in total. The smallest absolute Gasteiger partial charge is 0.267 e. The third kappa shape index (κ3) is 2.88. The number of benzene rings is 1. The molecule has 3 nitrogen and oxygen atoms in total. The molecule has 0 fully saturated rings. The fraction of sp³-hybridized carbons (Fsp3) is 0.0667. The highest BCUT2D eigenvalue weighted by Crippen LogP contribution is 2.23. The number of nitrogens with zero attached hydrogens (tertiary/aromatic N) is 2. The van der Waals surface area contributed by atoms with Crippen molar-refractivity contribution in [2.75, 3.05) is 0 Å². The van der Waals surface area contributed by atoms with Crippen LogP contribution in [0.3, 0.4) is 0 Å². The van der Waals surface area contributed by atoms with Gasteiger partial charge in [-0.05, 0) is 31.2 Å². The van der Waals surface area contributed by atoms with Crippen molar-refractivity contribution in [3.8, 4) is 16.9 Å². The zero-order valence-electron chi connectivity index (χ0n) is 11.0. The van der Waals surface area contributed by atoms with E-state index in [1.54, 1.807) is 31.2 Å². The highest BCUT2D eigenvalue weighted by Gasteiger charge is 2.10. The van der Waals surface area contributed by atoms with Crippen LogP contribution in [0.5, 0.6) is 0 Å². The van der Waals surface area contributed by atoms with Gasteiger partial charge in [-0.1, -0.05) is 35.3 Å². The minimum Gasteiger partial charge on any atom is -0.267 e. The molecule has 0 amide bonds. The van der Waals surface area contributed by atoms with E-state index in [-0.39, 0.29) is 5.56 Å². The van der Waals surface area contributed by atoms with E-state index in [1.807, 2.05) is 17.5 Å². The minimum absolute atomic E-state index is 0.151. The molecule has 0 spiro atoms. The van der Waals surface area contributed by atoms with Gasteiger partial charge in [-0.25, -0.2) is 0 Å². The van der Waals surface area contributed by atoms with Crippen LogP contribution in [0.2, 0.25) is 9.36 Å². The van der Waals surface area contributed by atoms with Crippen molar-refractivity contribution in [1.29, 1.82) is 0 Å². The quantitative estimate of drug-likeness (QED) is 0.686. The third-order valence-electron chi connectivity index (χ3n) is 3.03. The molecule has 2 heterocycles. The maximum absolute atomic E-state index is 12.3. The van der Waals surface area contributed by atoms with E-state index < -0.39 is 0 Å². The first-order chi connectivity index (χ1) is 10.0. The van der Waals surface area contributed by atoms with Crippen molar-refractivity contribution in [3.05, 3.63) is 67.1 Å². The van der Waals surface area contributed by atoms with Gasteiger partial charge in [0.2, 0.25) is 0 Å². The highest BCUT2D eigenvalue weighted by atomic mass is 35.5. The lowest BCUT2D eigenvalue weighted by molar-refractivity contribution is 0.805. The Morgan fingerprint density at radius 3 is 2.48 bits per heavy atom. The summed E-state index contributed by atoms with van der Waals surface area (Å²) in [6.45, 7) is 1.77. The molecule has 0 saturated heterocycles. The minimum atomic E-state index is -0.151. The van der Waals surface area contributed by atoms with E-state index in [0.717, 1.165) is 5.56 Å². The number of hydrogen-bond donors (Lipinski definition) is 0. The van der Waals surface area contributed by atoms with Gasteiger partial charge >= 0.3 is 0 Å². The Morgan fingerprint density at radius 1 is 1.14 bits per heavy atom. The molecule has 0 unspecified atom stereocenters. The van der Waals surface area contributed by atoms with Gasteiger partial charge in [-0.15, -0.1) is 11.3 Å². The van der Waals surface area contributed by atoms with Crippen molar-refractivity contribution < 1.29 is 0 Å². The first-order valence-corrected chi connectivity index (χ1v) is 7.79. The van der Waals surface area contributed by atoms with Crippen LogP contribution in [0.1, 0.15) is 5.56 Å². The van der Waals surface area contributed by atoms with Crippen LogP contribution in [0, 0.1) is 6.92 Å². The predicted molar refractivity (Wildman–Crippen MR) is 87.9 cm³/mol. The predicted octanol–water partition coefficient (Wildman–Crippen LogP) is 4.58. The van der Waals surface area contributed by atoms with E-state index in [1.165, 1.54) is 16.0 Å². The van der Waals surface area contributed by atoms with Crippen molar-refractivity contribution in [2.45, 2.75) is 6.92 Å². The summed E-state index contributed by atoms with van der Waals surface area (Å²) < 4.78 is 2.00. The van der Waals surface area contributed by atoms with Gasteiger partial charge in [0, 0.05) is 21.5 Å². The Labute approximate surface area is 135 Å². The number of aryl methyl sites for hydroxylation is 1. The second kappa shape index (κ2) is 5.64. The Bertz CT molecular complexity index is 853. The summed E-state index contributed by atoms with van der Waals surface area (Å²) in [4.78, 5) is 12.3. The maximum Gasteiger partial charge on any atom is 0.274 e. The van der Waals surface area contributed by atoms with E-state index in [0.29, 0.717) is 26.3 Å². The number of rotatable bonds is 2. The lowest BCUT2D eigenvalue weighted by Crippen LogP contribution is -2.23. The fourth-order valence-electron chi connectivity index (χ4n) is 1.96. The molecular formula is C15H10Cl2N2OS. The molecule has 0 radical (unpaired) electrons. The van der Waals surface area contributed by atoms with Crippen molar-refractivity contribution in [1.82, 2.24) is 9.78 Å². The van der Waals surface area contributed by atoms with Crippen LogP contribution in [-0.2, 0) is 0 Å². The molecule has 0 saturated carbocycles. The SMILES string of the molecule is Cc1cc(-c2ccc(Cl)cc2)nn(-c2csc(Cl)c2)c1=O. The van der Waals surface area contributed by atoms with E-state index in [4.69, 9.17) is 23.2 Å². The summed E-state index contributed by atoms with van der Waals surface area (Å²) in [5, 5.41) is 6.89. The Balaban J connectivity index is 2.18. The van der Waals surface area contributed by atoms with E-state index >= 15 is 0 Å². The van der Waals surface area contributed by atoms with Crippen LogP contribution in [0.4, 0.5) is 0 Å². The second-order valence-electron chi connectivity index (χ2n) is 4.55. The molecule has 106 valence electrons. The molecule has 0 aliphatic heterocycles. The average Bonchev–Trinajstić information content (AvgIpc) is 2.89. The van der Waals surface area contributed by atoms with Crippen LogP contribution in [-0.4, -0.2) is 9.78 Å². The maximum atomic E-state index is 12.3. The topological polar surface area (TPSA) is 34.9 Å². The molecule has 3 aromatic rings. The fourth-order valence-corrected chi connectivity index (χ4v) is 2.93. The summed E-state index contributed by atoms with van der Waals surface area (Å²) in [7, 11) is 0. The van der Waals surface area contributed by atoms with Crippen LogP contribution < -0.4 is 5.56 Å². The van der Waals surface area contributed by atoms with Gasteiger partial charge in [-0.3, -0.25) is 4.79 Å². The Kier molecular flexibility index (Phi) is 3.85. The van der Waals surface area contributed by atoms with Crippen molar-refractivity contribution in [3.63, 3.8) is 0 Å². The average molecular weight is 337 g/mol. The molecule has 2 aromatic heterocycles. The lowest BCUT2D eigenvalue weighted by Gasteiger charge is -2.07. The summed E-state index contributed by atoms with van der Waals surface area (Å²) in [6, 6.07) is 10.8. The van der Waals surface area contributed by atoms with Gasteiger partial charge < -0.3 is 0 Å². The highest BCUT2D eigenvalue weighted by molar-refractivity contribution is 7.14. The number of hydrogen-bond acceptors (Lipinski definition) is 3. The summed E-state index contributed by atoms with van der Waals surface area (Å²) in [5.74, 6) is 0. The molecule has 6 heteroatoms. The first kappa shape index (κ1) is 14.3. The van der Waals surface area contributed by atoms with Gasteiger partial charge in [0.05, 0.1) is 15.7 Å².